The maximum absolute atomic E-state index is 11.2. The van der Waals surface area contributed by atoms with E-state index in [1.54, 1.807) is 6.92 Å². The SMILES string of the molecule is CC(N)C(=O)NCCN1CCOC(C)(C)C1.Cl. The van der Waals surface area contributed by atoms with Gasteiger partial charge in [-0.25, -0.2) is 0 Å². The first-order valence-electron chi connectivity index (χ1n) is 5.80. The zero-order valence-electron chi connectivity index (χ0n) is 10.9. The topological polar surface area (TPSA) is 67.6 Å². The van der Waals surface area contributed by atoms with E-state index < -0.39 is 6.04 Å². The Hall–Kier alpha value is -0.360. The lowest BCUT2D eigenvalue weighted by Gasteiger charge is -2.38. The molecule has 0 aromatic heterocycles. The Morgan fingerprint density at radius 2 is 2.24 bits per heavy atom. The molecule has 1 amide bonds. The molecule has 1 unspecified atom stereocenters. The summed E-state index contributed by atoms with van der Waals surface area (Å²) in [5, 5.41) is 2.81. The van der Waals surface area contributed by atoms with E-state index in [2.05, 4.69) is 24.1 Å². The van der Waals surface area contributed by atoms with Gasteiger partial charge >= 0.3 is 0 Å². The summed E-state index contributed by atoms with van der Waals surface area (Å²) in [5.74, 6) is -0.0903. The second kappa shape index (κ2) is 7.16. The van der Waals surface area contributed by atoms with Gasteiger partial charge < -0.3 is 15.8 Å². The molecule has 1 heterocycles. The summed E-state index contributed by atoms with van der Waals surface area (Å²) in [4.78, 5) is 13.5. The Bertz CT molecular complexity index is 247. The molecule has 0 radical (unpaired) electrons. The van der Waals surface area contributed by atoms with Crippen molar-refractivity contribution in [3.05, 3.63) is 0 Å². The van der Waals surface area contributed by atoms with Gasteiger partial charge in [0.05, 0.1) is 18.2 Å². The number of halogens is 1. The molecule has 0 saturated carbocycles. The summed E-state index contributed by atoms with van der Waals surface area (Å²) >= 11 is 0. The van der Waals surface area contributed by atoms with E-state index in [4.69, 9.17) is 10.5 Å². The number of rotatable bonds is 4. The highest BCUT2D eigenvalue weighted by Crippen LogP contribution is 2.15. The van der Waals surface area contributed by atoms with E-state index in [1.807, 2.05) is 0 Å². The molecule has 102 valence electrons. The first-order chi connectivity index (χ1) is 7.41. The minimum Gasteiger partial charge on any atom is -0.373 e. The van der Waals surface area contributed by atoms with Gasteiger partial charge in [0.2, 0.25) is 5.91 Å². The fourth-order valence-corrected chi connectivity index (χ4v) is 1.80. The smallest absolute Gasteiger partial charge is 0.236 e. The van der Waals surface area contributed by atoms with Gasteiger partial charge in [0, 0.05) is 26.2 Å². The molecule has 1 aliphatic heterocycles. The van der Waals surface area contributed by atoms with Crippen molar-refractivity contribution in [1.29, 1.82) is 0 Å². The third-order valence-electron chi connectivity index (χ3n) is 2.65. The molecule has 1 atom stereocenters. The number of amides is 1. The van der Waals surface area contributed by atoms with Crippen molar-refractivity contribution in [3.63, 3.8) is 0 Å². The van der Waals surface area contributed by atoms with Gasteiger partial charge in [-0.15, -0.1) is 12.4 Å². The largest absolute Gasteiger partial charge is 0.373 e. The fourth-order valence-electron chi connectivity index (χ4n) is 1.80. The van der Waals surface area contributed by atoms with Crippen molar-refractivity contribution in [1.82, 2.24) is 10.2 Å². The fraction of sp³-hybridized carbons (Fsp3) is 0.909. The first-order valence-corrected chi connectivity index (χ1v) is 5.80. The number of carbonyl (C=O) groups excluding carboxylic acids is 1. The highest BCUT2D eigenvalue weighted by atomic mass is 35.5. The van der Waals surface area contributed by atoms with Crippen LogP contribution in [0.15, 0.2) is 0 Å². The first kappa shape index (κ1) is 16.6. The van der Waals surface area contributed by atoms with E-state index >= 15 is 0 Å². The molecule has 3 N–H and O–H groups in total. The van der Waals surface area contributed by atoms with Crippen LogP contribution < -0.4 is 11.1 Å². The second-order valence-electron chi connectivity index (χ2n) is 4.96. The highest BCUT2D eigenvalue weighted by Gasteiger charge is 2.26. The monoisotopic (exact) mass is 265 g/mol. The van der Waals surface area contributed by atoms with Gasteiger partial charge in [-0.05, 0) is 20.8 Å². The number of nitrogens with one attached hydrogen (secondary N) is 1. The van der Waals surface area contributed by atoms with Crippen LogP contribution in [0.5, 0.6) is 0 Å². The minimum atomic E-state index is -0.430. The summed E-state index contributed by atoms with van der Waals surface area (Å²) in [5.41, 5.74) is 5.37. The van der Waals surface area contributed by atoms with Crippen LogP contribution in [0.2, 0.25) is 0 Å². The molecule has 0 bridgehead atoms. The number of carbonyl (C=O) groups is 1. The highest BCUT2D eigenvalue weighted by molar-refractivity contribution is 5.85. The van der Waals surface area contributed by atoms with E-state index in [9.17, 15) is 4.79 Å². The predicted octanol–water partition coefficient (Wildman–Crippen LogP) is -0.0176. The van der Waals surface area contributed by atoms with Crippen LogP contribution >= 0.6 is 12.4 Å². The van der Waals surface area contributed by atoms with Gasteiger partial charge in [-0.3, -0.25) is 9.69 Å². The van der Waals surface area contributed by atoms with Crippen molar-refractivity contribution in [2.45, 2.75) is 32.4 Å². The number of nitrogens with zero attached hydrogens (tertiary/aromatic N) is 1. The molecular weight excluding hydrogens is 242 g/mol. The van der Waals surface area contributed by atoms with E-state index in [0.29, 0.717) is 6.54 Å². The van der Waals surface area contributed by atoms with Gasteiger partial charge in [0.1, 0.15) is 0 Å². The zero-order valence-corrected chi connectivity index (χ0v) is 11.7. The molecular formula is C11H24ClN3O2. The molecule has 0 aromatic carbocycles. The zero-order chi connectivity index (χ0) is 12.2. The second-order valence-corrected chi connectivity index (χ2v) is 4.96. The summed E-state index contributed by atoms with van der Waals surface area (Å²) in [6.45, 7) is 9.95. The molecule has 0 aromatic rings. The van der Waals surface area contributed by atoms with Crippen LogP contribution in [0.3, 0.4) is 0 Å². The standard InChI is InChI=1S/C11H23N3O2.ClH/c1-9(12)10(15)13-4-5-14-6-7-16-11(2,3)8-14;/h9H,4-8,12H2,1-3H3,(H,13,15);1H. The lowest BCUT2D eigenvalue weighted by atomic mass is 10.1. The third-order valence-corrected chi connectivity index (χ3v) is 2.65. The number of morpholine rings is 1. The number of ether oxygens (including phenoxy) is 1. The van der Waals surface area contributed by atoms with Crippen molar-refractivity contribution in [3.8, 4) is 0 Å². The summed E-state index contributed by atoms with van der Waals surface area (Å²) in [6.07, 6.45) is 0. The average Bonchev–Trinajstić information content (AvgIpc) is 2.15. The molecule has 17 heavy (non-hydrogen) atoms. The lowest BCUT2D eigenvalue weighted by molar-refractivity contribution is -0.122. The molecule has 1 rings (SSSR count). The van der Waals surface area contributed by atoms with E-state index in [0.717, 1.165) is 26.2 Å². The maximum atomic E-state index is 11.2. The molecule has 1 aliphatic rings. The van der Waals surface area contributed by atoms with Crippen molar-refractivity contribution < 1.29 is 9.53 Å². The summed E-state index contributed by atoms with van der Waals surface area (Å²) in [7, 11) is 0. The Kier molecular flexibility index (Phi) is 7.01. The van der Waals surface area contributed by atoms with Crippen LogP contribution in [-0.2, 0) is 9.53 Å². The van der Waals surface area contributed by atoms with Gasteiger partial charge in [-0.1, -0.05) is 0 Å². The van der Waals surface area contributed by atoms with Crippen molar-refractivity contribution in [2.24, 2.45) is 5.73 Å². The molecule has 0 aliphatic carbocycles. The minimum absolute atomic E-state index is 0. The van der Waals surface area contributed by atoms with Crippen LogP contribution in [0, 0.1) is 0 Å². The normalized spacial score (nSPS) is 21.4. The predicted molar refractivity (Wildman–Crippen MR) is 70.4 cm³/mol. The number of hydrogen-bond donors (Lipinski definition) is 2. The maximum Gasteiger partial charge on any atom is 0.236 e. The molecule has 6 heteroatoms. The number of nitrogens with two attached hydrogens (primary N) is 1. The van der Waals surface area contributed by atoms with Crippen LogP contribution in [0.25, 0.3) is 0 Å². The Labute approximate surface area is 109 Å². The van der Waals surface area contributed by atoms with Crippen LogP contribution in [-0.4, -0.2) is 55.2 Å². The Morgan fingerprint density at radius 1 is 1.59 bits per heavy atom. The molecule has 1 saturated heterocycles. The van der Waals surface area contributed by atoms with Gasteiger partial charge in [-0.2, -0.15) is 0 Å². The summed E-state index contributed by atoms with van der Waals surface area (Å²) in [6, 6.07) is -0.430. The summed E-state index contributed by atoms with van der Waals surface area (Å²) < 4.78 is 5.61. The average molecular weight is 266 g/mol. The quantitative estimate of drug-likeness (QED) is 0.750. The van der Waals surface area contributed by atoms with Crippen LogP contribution in [0.4, 0.5) is 0 Å². The third kappa shape index (κ3) is 6.21. The van der Waals surface area contributed by atoms with E-state index in [-0.39, 0.29) is 23.9 Å². The van der Waals surface area contributed by atoms with Crippen molar-refractivity contribution in [2.75, 3.05) is 32.8 Å². The van der Waals surface area contributed by atoms with Crippen molar-refractivity contribution >= 4 is 18.3 Å². The molecule has 1 fully saturated rings. The number of hydrogen-bond acceptors (Lipinski definition) is 4. The Morgan fingerprint density at radius 3 is 2.76 bits per heavy atom. The van der Waals surface area contributed by atoms with Gasteiger partial charge in [0.15, 0.2) is 0 Å². The molecule has 5 nitrogen and oxygen atoms in total. The van der Waals surface area contributed by atoms with E-state index in [1.165, 1.54) is 0 Å². The molecule has 0 spiro atoms. The van der Waals surface area contributed by atoms with Gasteiger partial charge in [0.25, 0.3) is 0 Å². The Balaban J connectivity index is 0.00000256. The lowest BCUT2D eigenvalue weighted by Crippen LogP contribution is -2.50. The van der Waals surface area contributed by atoms with Crippen LogP contribution in [0.1, 0.15) is 20.8 Å².